The first-order valence-electron chi connectivity index (χ1n) is 8.27. The number of amides is 2. The van der Waals surface area contributed by atoms with E-state index in [4.69, 9.17) is 0 Å². The SMILES string of the molecule is Cn1cnc2cc(C(=O)N3CCN(C(=O)C(C)(C)C)CC3)ccc21. The molecule has 24 heavy (non-hydrogen) atoms. The number of piperazine rings is 1. The van der Waals surface area contributed by atoms with Crippen LogP contribution in [0, 0.1) is 5.41 Å². The average molecular weight is 328 g/mol. The van der Waals surface area contributed by atoms with Crippen LogP contribution in [0.25, 0.3) is 11.0 Å². The Kier molecular flexibility index (Phi) is 4.07. The van der Waals surface area contributed by atoms with Crippen LogP contribution in [0.2, 0.25) is 0 Å². The van der Waals surface area contributed by atoms with Gasteiger partial charge in [-0.05, 0) is 18.2 Å². The zero-order valence-electron chi connectivity index (χ0n) is 14.7. The van der Waals surface area contributed by atoms with Crippen molar-refractivity contribution in [2.75, 3.05) is 26.2 Å². The summed E-state index contributed by atoms with van der Waals surface area (Å²) in [7, 11) is 1.93. The van der Waals surface area contributed by atoms with E-state index < -0.39 is 0 Å². The predicted octanol–water partition coefficient (Wildman–Crippen LogP) is 1.90. The van der Waals surface area contributed by atoms with E-state index in [9.17, 15) is 9.59 Å². The molecule has 2 aromatic rings. The van der Waals surface area contributed by atoms with Gasteiger partial charge in [0.05, 0.1) is 17.4 Å². The summed E-state index contributed by atoms with van der Waals surface area (Å²) >= 11 is 0. The fourth-order valence-corrected chi connectivity index (χ4v) is 3.04. The van der Waals surface area contributed by atoms with Crippen LogP contribution in [0.3, 0.4) is 0 Å². The van der Waals surface area contributed by atoms with Gasteiger partial charge in [-0.15, -0.1) is 0 Å². The minimum atomic E-state index is -0.379. The molecule has 0 N–H and O–H groups in total. The zero-order chi connectivity index (χ0) is 17.5. The highest BCUT2D eigenvalue weighted by Crippen LogP contribution is 2.20. The van der Waals surface area contributed by atoms with E-state index in [1.54, 1.807) is 6.33 Å². The lowest BCUT2D eigenvalue weighted by atomic mass is 9.94. The number of imidazole rings is 1. The Bertz CT molecular complexity index is 780. The van der Waals surface area contributed by atoms with Crippen LogP contribution in [0.5, 0.6) is 0 Å². The van der Waals surface area contributed by atoms with E-state index in [0.29, 0.717) is 31.7 Å². The van der Waals surface area contributed by atoms with Crippen LogP contribution >= 0.6 is 0 Å². The van der Waals surface area contributed by atoms with Gasteiger partial charge >= 0.3 is 0 Å². The van der Waals surface area contributed by atoms with Crippen molar-refractivity contribution in [2.45, 2.75) is 20.8 Å². The Labute approximate surface area is 142 Å². The third-order valence-corrected chi connectivity index (χ3v) is 4.47. The molecule has 0 bridgehead atoms. The number of benzene rings is 1. The number of fused-ring (bicyclic) bond motifs is 1. The Balaban J connectivity index is 1.69. The summed E-state index contributed by atoms with van der Waals surface area (Å²) in [6.45, 7) is 8.10. The Morgan fingerprint density at radius 3 is 2.29 bits per heavy atom. The van der Waals surface area contributed by atoms with Crippen LogP contribution in [0.1, 0.15) is 31.1 Å². The fraction of sp³-hybridized carbons (Fsp3) is 0.500. The van der Waals surface area contributed by atoms with Crippen molar-refractivity contribution in [3.05, 3.63) is 30.1 Å². The topological polar surface area (TPSA) is 58.4 Å². The van der Waals surface area contributed by atoms with E-state index >= 15 is 0 Å². The van der Waals surface area contributed by atoms with Crippen LogP contribution < -0.4 is 0 Å². The van der Waals surface area contributed by atoms with E-state index in [1.165, 1.54) is 0 Å². The minimum absolute atomic E-state index is 0.00501. The molecule has 0 radical (unpaired) electrons. The molecule has 6 nitrogen and oxygen atoms in total. The van der Waals surface area contributed by atoms with Crippen molar-refractivity contribution in [1.82, 2.24) is 19.4 Å². The Morgan fingerprint density at radius 2 is 1.67 bits per heavy atom. The molecule has 1 saturated heterocycles. The molecule has 0 saturated carbocycles. The second kappa shape index (κ2) is 5.92. The molecule has 6 heteroatoms. The van der Waals surface area contributed by atoms with E-state index in [2.05, 4.69) is 4.98 Å². The first kappa shape index (κ1) is 16.5. The quantitative estimate of drug-likeness (QED) is 0.803. The van der Waals surface area contributed by atoms with Crippen LogP contribution in [0.15, 0.2) is 24.5 Å². The smallest absolute Gasteiger partial charge is 0.254 e. The molecule has 0 spiro atoms. The summed E-state index contributed by atoms with van der Waals surface area (Å²) in [5, 5.41) is 0. The molecule has 2 heterocycles. The normalized spacial score (nSPS) is 15.8. The van der Waals surface area contributed by atoms with E-state index in [1.807, 2.05) is 60.4 Å². The number of aromatic nitrogens is 2. The van der Waals surface area contributed by atoms with Gasteiger partial charge in [-0.3, -0.25) is 9.59 Å². The third-order valence-electron chi connectivity index (χ3n) is 4.47. The summed E-state index contributed by atoms with van der Waals surface area (Å²) < 4.78 is 1.93. The molecule has 0 atom stereocenters. The second-order valence-corrected chi connectivity index (χ2v) is 7.39. The maximum Gasteiger partial charge on any atom is 0.254 e. The van der Waals surface area contributed by atoms with E-state index in [-0.39, 0.29) is 17.2 Å². The number of aryl methyl sites for hydroxylation is 1. The van der Waals surface area contributed by atoms with Gasteiger partial charge in [0.25, 0.3) is 5.91 Å². The van der Waals surface area contributed by atoms with Crippen molar-refractivity contribution in [3.63, 3.8) is 0 Å². The number of hydrogen-bond acceptors (Lipinski definition) is 3. The van der Waals surface area contributed by atoms with Crippen LogP contribution in [-0.2, 0) is 11.8 Å². The molecule has 2 amide bonds. The van der Waals surface area contributed by atoms with Gasteiger partial charge in [0, 0.05) is 44.2 Å². The van der Waals surface area contributed by atoms with Gasteiger partial charge in [0.15, 0.2) is 0 Å². The van der Waals surface area contributed by atoms with Gasteiger partial charge in [0.2, 0.25) is 5.91 Å². The highest BCUT2D eigenvalue weighted by atomic mass is 16.2. The highest BCUT2D eigenvalue weighted by molar-refractivity contribution is 5.97. The predicted molar refractivity (Wildman–Crippen MR) is 92.7 cm³/mol. The van der Waals surface area contributed by atoms with E-state index in [0.717, 1.165) is 11.0 Å². The number of carbonyl (C=O) groups is 2. The first-order chi connectivity index (χ1) is 11.3. The van der Waals surface area contributed by atoms with Gasteiger partial charge < -0.3 is 14.4 Å². The number of hydrogen-bond donors (Lipinski definition) is 0. The van der Waals surface area contributed by atoms with Crippen LogP contribution in [0.4, 0.5) is 0 Å². The number of nitrogens with zero attached hydrogens (tertiary/aromatic N) is 4. The van der Waals surface area contributed by atoms with Gasteiger partial charge in [-0.2, -0.15) is 0 Å². The van der Waals surface area contributed by atoms with Crippen LogP contribution in [-0.4, -0.2) is 57.3 Å². The largest absolute Gasteiger partial charge is 0.339 e. The average Bonchev–Trinajstić information content (AvgIpc) is 2.93. The molecule has 1 aliphatic rings. The fourth-order valence-electron chi connectivity index (χ4n) is 3.04. The van der Waals surface area contributed by atoms with Crippen molar-refractivity contribution >= 4 is 22.8 Å². The monoisotopic (exact) mass is 328 g/mol. The molecule has 128 valence electrons. The van der Waals surface area contributed by atoms with Crippen molar-refractivity contribution in [2.24, 2.45) is 12.5 Å². The summed E-state index contributed by atoms with van der Waals surface area (Å²) in [6, 6.07) is 5.61. The molecule has 1 aliphatic heterocycles. The molecule has 0 aliphatic carbocycles. The molecule has 0 unspecified atom stereocenters. The van der Waals surface area contributed by atoms with Gasteiger partial charge in [-0.25, -0.2) is 4.98 Å². The second-order valence-electron chi connectivity index (χ2n) is 7.39. The molecular formula is C18H24N4O2. The number of carbonyl (C=O) groups excluding carboxylic acids is 2. The van der Waals surface area contributed by atoms with Gasteiger partial charge in [-0.1, -0.05) is 20.8 Å². The standard InChI is InChI=1S/C18H24N4O2/c1-18(2,3)17(24)22-9-7-21(8-10-22)16(23)13-5-6-15-14(11-13)19-12-20(15)4/h5-6,11-12H,7-10H2,1-4H3. The lowest BCUT2D eigenvalue weighted by Crippen LogP contribution is -2.53. The lowest BCUT2D eigenvalue weighted by Gasteiger charge is -2.37. The summed E-state index contributed by atoms with van der Waals surface area (Å²) in [6.07, 6.45) is 1.75. The zero-order valence-corrected chi connectivity index (χ0v) is 14.7. The highest BCUT2D eigenvalue weighted by Gasteiger charge is 2.31. The van der Waals surface area contributed by atoms with Crippen molar-refractivity contribution in [3.8, 4) is 0 Å². The van der Waals surface area contributed by atoms with Crippen molar-refractivity contribution < 1.29 is 9.59 Å². The molecule has 3 rings (SSSR count). The maximum absolute atomic E-state index is 12.7. The Hall–Kier alpha value is -2.37. The molecule has 1 aromatic heterocycles. The molecular weight excluding hydrogens is 304 g/mol. The lowest BCUT2D eigenvalue weighted by molar-refractivity contribution is -0.140. The summed E-state index contributed by atoms with van der Waals surface area (Å²) in [4.78, 5) is 33.0. The summed E-state index contributed by atoms with van der Waals surface area (Å²) in [5.74, 6) is 0.148. The molecule has 1 aromatic carbocycles. The maximum atomic E-state index is 12.7. The molecule has 1 fully saturated rings. The van der Waals surface area contributed by atoms with Crippen molar-refractivity contribution in [1.29, 1.82) is 0 Å². The minimum Gasteiger partial charge on any atom is -0.339 e. The third kappa shape index (κ3) is 3.00. The summed E-state index contributed by atoms with van der Waals surface area (Å²) in [5.41, 5.74) is 2.10. The first-order valence-corrected chi connectivity index (χ1v) is 8.27. The Morgan fingerprint density at radius 1 is 1.04 bits per heavy atom. The number of rotatable bonds is 1. The van der Waals surface area contributed by atoms with Gasteiger partial charge in [0.1, 0.15) is 0 Å².